The fraction of sp³-hybridized carbons (Fsp3) is 0.303. The fourth-order valence-electron chi connectivity index (χ4n) is 3.83. The van der Waals surface area contributed by atoms with E-state index < -0.39 is 29.8 Å². The van der Waals surface area contributed by atoms with E-state index in [1.807, 2.05) is 54.6 Å². The van der Waals surface area contributed by atoms with Gasteiger partial charge in [-0.2, -0.15) is 0 Å². The van der Waals surface area contributed by atoms with Crippen molar-refractivity contribution < 1.29 is 38.1 Å². The largest absolute Gasteiger partial charge is 0.513 e. The van der Waals surface area contributed by atoms with Crippen LogP contribution in [0.2, 0.25) is 0 Å². The fourth-order valence-corrected chi connectivity index (χ4v) is 3.83. The molecule has 1 unspecified atom stereocenters. The molecule has 0 saturated carbocycles. The maximum absolute atomic E-state index is 12.9. The number of hydrogen-bond donors (Lipinski definition) is 2. The summed E-state index contributed by atoms with van der Waals surface area (Å²) < 4.78 is 26.2. The lowest BCUT2D eigenvalue weighted by atomic mass is 10.1. The number of methoxy groups -OCH3 is 2. The Labute approximate surface area is 251 Å². The van der Waals surface area contributed by atoms with Gasteiger partial charge in [-0.15, -0.1) is 0 Å². The highest BCUT2D eigenvalue weighted by molar-refractivity contribution is 5.86. The monoisotopic (exact) mass is 590 g/mol. The molecule has 0 heterocycles. The van der Waals surface area contributed by atoms with Crippen molar-refractivity contribution in [2.24, 2.45) is 0 Å². The maximum atomic E-state index is 12.9. The number of benzene rings is 3. The van der Waals surface area contributed by atoms with Crippen molar-refractivity contribution >= 4 is 30.3 Å². The van der Waals surface area contributed by atoms with Gasteiger partial charge in [-0.25, -0.2) is 9.59 Å². The summed E-state index contributed by atoms with van der Waals surface area (Å²) in [4.78, 5) is 37.3. The van der Waals surface area contributed by atoms with E-state index in [2.05, 4.69) is 10.6 Å². The van der Waals surface area contributed by atoms with E-state index in [1.54, 1.807) is 65.3 Å². The third kappa shape index (κ3) is 11.8. The van der Waals surface area contributed by atoms with Crippen LogP contribution in [0, 0.1) is 0 Å². The number of carbonyl (C=O) groups is 3. The molecule has 0 saturated heterocycles. The summed E-state index contributed by atoms with van der Waals surface area (Å²) >= 11 is 0. The van der Waals surface area contributed by atoms with Crippen molar-refractivity contribution in [3.8, 4) is 17.2 Å². The van der Waals surface area contributed by atoms with Crippen LogP contribution in [0.5, 0.6) is 17.2 Å². The second kappa shape index (κ2) is 15.9. The van der Waals surface area contributed by atoms with Crippen molar-refractivity contribution in [1.82, 2.24) is 10.6 Å². The molecule has 0 spiro atoms. The van der Waals surface area contributed by atoms with Gasteiger partial charge in [0.05, 0.1) is 20.8 Å². The first-order valence-electron chi connectivity index (χ1n) is 13.7. The smallest absolute Gasteiger partial charge is 0.497 e. The molecule has 10 heteroatoms. The van der Waals surface area contributed by atoms with Crippen LogP contribution in [-0.4, -0.2) is 57.2 Å². The summed E-state index contributed by atoms with van der Waals surface area (Å²) in [6.07, 6.45) is 2.46. The molecule has 2 amide bonds. The van der Waals surface area contributed by atoms with E-state index in [0.717, 1.165) is 16.7 Å². The predicted octanol–water partition coefficient (Wildman–Crippen LogP) is 5.64. The lowest BCUT2D eigenvalue weighted by molar-refractivity contribution is -0.123. The molecule has 0 aliphatic rings. The first kappa shape index (κ1) is 32.5. The molecule has 0 bridgehead atoms. The van der Waals surface area contributed by atoms with E-state index in [9.17, 15) is 14.4 Å². The van der Waals surface area contributed by atoms with Gasteiger partial charge in [0.25, 0.3) is 0 Å². The van der Waals surface area contributed by atoms with Crippen molar-refractivity contribution in [1.29, 1.82) is 0 Å². The second-order valence-electron chi connectivity index (χ2n) is 10.4. The van der Waals surface area contributed by atoms with Crippen molar-refractivity contribution in [2.75, 3.05) is 27.4 Å². The van der Waals surface area contributed by atoms with Crippen LogP contribution in [0.1, 0.15) is 37.5 Å². The molecule has 0 aromatic heterocycles. The number of alkyl carbamates (subject to hydrolysis) is 1. The zero-order chi connectivity index (χ0) is 31.2. The zero-order valence-corrected chi connectivity index (χ0v) is 25.0. The highest BCUT2D eigenvalue weighted by Gasteiger charge is 2.24. The number of nitrogens with one attached hydrogen (secondary N) is 2. The van der Waals surface area contributed by atoms with E-state index in [0.29, 0.717) is 17.2 Å². The topological polar surface area (TPSA) is 121 Å². The quantitative estimate of drug-likeness (QED) is 0.120. The van der Waals surface area contributed by atoms with E-state index in [4.69, 9.17) is 23.7 Å². The standard InChI is InChI=1S/C33H38N2O8/c1-33(2,3)43-31(37)35-29(21-24-9-7-6-8-10-24)30(36)34-17-18-41-32(38)42-26-15-13-23(14-16-26)11-12-25-19-27(39-4)22-28(20-25)40-5/h6-16,19-20,22,29H,17-18,21H2,1-5H3,(H,34,36)(H,35,37). The first-order chi connectivity index (χ1) is 20.5. The molecule has 2 N–H and O–H groups in total. The van der Waals surface area contributed by atoms with Gasteiger partial charge in [0, 0.05) is 12.5 Å². The molecule has 228 valence electrons. The van der Waals surface area contributed by atoms with Gasteiger partial charge >= 0.3 is 12.2 Å². The van der Waals surface area contributed by atoms with Gasteiger partial charge in [0.1, 0.15) is 35.5 Å². The summed E-state index contributed by atoms with van der Waals surface area (Å²) in [5.74, 6) is 1.23. The van der Waals surface area contributed by atoms with Gasteiger partial charge in [-0.05, 0) is 61.7 Å². The molecule has 10 nitrogen and oxygen atoms in total. The number of rotatable bonds is 12. The number of carbonyl (C=O) groups excluding carboxylic acids is 3. The summed E-state index contributed by atoms with van der Waals surface area (Å²) in [6, 6.07) is 20.8. The van der Waals surface area contributed by atoms with Crippen molar-refractivity contribution in [3.05, 3.63) is 89.5 Å². The summed E-state index contributed by atoms with van der Waals surface area (Å²) in [5, 5.41) is 5.29. The number of hydrogen-bond acceptors (Lipinski definition) is 8. The van der Waals surface area contributed by atoms with Crippen LogP contribution in [0.25, 0.3) is 12.2 Å². The summed E-state index contributed by atoms with van der Waals surface area (Å²) in [7, 11) is 3.19. The minimum absolute atomic E-state index is 0.0218. The Morgan fingerprint density at radius 2 is 1.44 bits per heavy atom. The Balaban J connectivity index is 1.46. The molecule has 3 rings (SSSR count). The van der Waals surface area contributed by atoms with Crippen LogP contribution >= 0.6 is 0 Å². The summed E-state index contributed by atoms with van der Waals surface area (Å²) in [5.41, 5.74) is 1.93. The third-order valence-corrected chi connectivity index (χ3v) is 5.83. The van der Waals surface area contributed by atoms with Gasteiger partial charge in [0.2, 0.25) is 5.91 Å². The predicted molar refractivity (Wildman–Crippen MR) is 163 cm³/mol. The lowest BCUT2D eigenvalue weighted by Gasteiger charge is -2.23. The molecule has 1 atom stereocenters. The van der Waals surface area contributed by atoms with Gasteiger partial charge in [-0.3, -0.25) is 4.79 Å². The van der Waals surface area contributed by atoms with Gasteiger partial charge in [-0.1, -0.05) is 54.6 Å². The van der Waals surface area contributed by atoms with Crippen LogP contribution in [0.4, 0.5) is 9.59 Å². The SMILES string of the molecule is COc1cc(C=Cc2ccc(OC(=O)OCCNC(=O)C(Cc3ccccc3)NC(=O)OC(C)(C)C)cc2)cc(OC)c1. The second-order valence-corrected chi connectivity index (χ2v) is 10.4. The Morgan fingerprint density at radius 1 is 0.814 bits per heavy atom. The summed E-state index contributed by atoms with van der Waals surface area (Å²) in [6.45, 7) is 5.11. The van der Waals surface area contributed by atoms with Crippen molar-refractivity contribution in [3.63, 3.8) is 0 Å². The molecule has 3 aromatic carbocycles. The minimum Gasteiger partial charge on any atom is -0.497 e. The highest BCUT2D eigenvalue weighted by Crippen LogP contribution is 2.24. The molecule has 0 aliphatic heterocycles. The van der Waals surface area contributed by atoms with Crippen LogP contribution in [0.3, 0.4) is 0 Å². The molecule has 0 aliphatic carbocycles. The van der Waals surface area contributed by atoms with Crippen LogP contribution in [-0.2, 0) is 20.7 Å². The molecular weight excluding hydrogens is 552 g/mol. The Kier molecular flexibility index (Phi) is 12.0. The normalized spacial score (nSPS) is 11.7. The molecule has 3 aromatic rings. The first-order valence-corrected chi connectivity index (χ1v) is 13.7. The minimum atomic E-state index is -0.909. The molecule has 43 heavy (non-hydrogen) atoms. The van der Waals surface area contributed by atoms with Gasteiger partial charge in [0.15, 0.2) is 0 Å². The van der Waals surface area contributed by atoms with Crippen molar-refractivity contribution in [2.45, 2.75) is 38.8 Å². The number of amides is 2. The average Bonchev–Trinajstić information content (AvgIpc) is 2.98. The van der Waals surface area contributed by atoms with Crippen LogP contribution in [0.15, 0.2) is 72.8 Å². The highest BCUT2D eigenvalue weighted by atomic mass is 16.7. The molecule has 0 fully saturated rings. The molecule has 0 radical (unpaired) electrons. The Hall–Kier alpha value is -4.99. The third-order valence-electron chi connectivity index (χ3n) is 5.83. The Morgan fingerprint density at radius 3 is 2.05 bits per heavy atom. The van der Waals surface area contributed by atoms with E-state index >= 15 is 0 Å². The average molecular weight is 591 g/mol. The lowest BCUT2D eigenvalue weighted by Crippen LogP contribution is -2.49. The maximum Gasteiger partial charge on any atom is 0.513 e. The Bertz CT molecular complexity index is 1360. The van der Waals surface area contributed by atoms with E-state index in [-0.39, 0.29) is 19.6 Å². The van der Waals surface area contributed by atoms with Crippen LogP contribution < -0.4 is 24.8 Å². The molecular formula is C33H38N2O8. The number of ether oxygens (including phenoxy) is 5. The zero-order valence-electron chi connectivity index (χ0n) is 25.0. The van der Waals surface area contributed by atoms with E-state index in [1.165, 1.54) is 0 Å². The van der Waals surface area contributed by atoms with Gasteiger partial charge < -0.3 is 34.3 Å².